The topological polar surface area (TPSA) is 80.6 Å². The molecule has 0 unspecified atom stereocenters. The number of halogens is 1. The van der Waals surface area contributed by atoms with Gasteiger partial charge in [-0.25, -0.2) is 14.6 Å². The summed E-state index contributed by atoms with van der Waals surface area (Å²) in [7, 11) is 0. The van der Waals surface area contributed by atoms with Crippen LogP contribution in [0.25, 0.3) is 0 Å². The van der Waals surface area contributed by atoms with Crippen LogP contribution >= 0.6 is 0 Å². The molecule has 1 heterocycles. The van der Waals surface area contributed by atoms with Crippen LogP contribution in [0, 0.1) is 5.82 Å². The summed E-state index contributed by atoms with van der Waals surface area (Å²) in [6.45, 7) is 0.408. The van der Waals surface area contributed by atoms with E-state index in [2.05, 4.69) is 10.9 Å². The molecule has 6 nitrogen and oxygen atoms in total. The Hall–Kier alpha value is -3.45. The Balaban J connectivity index is 1.54. The van der Waals surface area contributed by atoms with Gasteiger partial charge >= 0.3 is 6.09 Å². The lowest BCUT2D eigenvalue weighted by Gasteiger charge is -2.06. The molecule has 1 aromatic heterocycles. The van der Waals surface area contributed by atoms with Gasteiger partial charge in [-0.3, -0.25) is 10.2 Å². The van der Waals surface area contributed by atoms with Crippen molar-refractivity contribution in [3.05, 3.63) is 89.4 Å². The predicted molar refractivity (Wildman–Crippen MR) is 91.0 cm³/mol. The number of nitrogens with one attached hydrogen (secondary N) is 2. The fraction of sp³-hybridized carbons (Fsp3) is 0.0526. The number of amides is 1. The first-order chi connectivity index (χ1) is 12.6. The van der Waals surface area contributed by atoms with Crippen molar-refractivity contribution in [2.75, 3.05) is 0 Å². The summed E-state index contributed by atoms with van der Waals surface area (Å²) < 4.78 is 23.7. The zero-order valence-electron chi connectivity index (χ0n) is 13.6. The first-order valence-electron chi connectivity index (χ1n) is 7.77. The summed E-state index contributed by atoms with van der Waals surface area (Å²) in [5.41, 5.74) is 5.90. The SMILES string of the molecule is O=C(NNCc1ccccc1)Oc1ccc(C(=O)c2ccccc2F)o1. The molecule has 0 bridgehead atoms. The molecule has 3 rings (SSSR count). The van der Waals surface area contributed by atoms with Gasteiger partial charge in [-0.2, -0.15) is 0 Å². The first kappa shape index (κ1) is 17.4. The maximum atomic E-state index is 13.7. The quantitative estimate of drug-likeness (QED) is 0.523. The molecule has 0 aliphatic carbocycles. The minimum Gasteiger partial charge on any atom is -0.422 e. The Bertz CT molecular complexity index is 909. The molecule has 0 aliphatic heterocycles. The summed E-state index contributed by atoms with van der Waals surface area (Å²) in [6, 6.07) is 17.6. The Labute approximate surface area is 148 Å². The summed E-state index contributed by atoms with van der Waals surface area (Å²) in [4.78, 5) is 23.9. The number of carbonyl (C=O) groups is 2. The van der Waals surface area contributed by atoms with E-state index in [0.717, 1.165) is 5.56 Å². The van der Waals surface area contributed by atoms with Gasteiger partial charge in [0.25, 0.3) is 5.95 Å². The normalized spacial score (nSPS) is 10.3. The molecule has 0 atom stereocenters. The van der Waals surface area contributed by atoms with Gasteiger partial charge < -0.3 is 9.15 Å². The number of carbonyl (C=O) groups excluding carboxylic acids is 2. The van der Waals surface area contributed by atoms with E-state index in [9.17, 15) is 14.0 Å². The van der Waals surface area contributed by atoms with E-state index in [4.69, 9.17) is 9.15 Å². The average molecular weight is 354 g/mol. The summed E-state index contributed by atoms with van der Waals surface area (Å²) in [5.74, 6) is -1.60. The van der Waals surface area contributed by atoms with Crippen molar-refractivity contribution < 1.29 is 23.1 Å². The predicted octanol–water partition coefficient (Wildman–Crippen LogP) is 3.44. The average Bonchev–Trinajstić information content (AvgIpc) is 3.11. The zero-order valence-corrected chi connectivity index (χ0v) is 13.6. The van der Waals surface area contributed by atoms with Crippen LogP contribution in [-0.4, -0.2) is 11.9 Å². The molecule has 0 fully saturated rings. The highest BCUT2D eigenvalue weighted by Gasteiger charge is 2.18. The van der Waals surface area contributed by atoms with Crippen molar-refractivity contribution in [2.45, 2.75) is 6.54 Å². The number of ether oxygens (including phenoxy) is 1. The van der Waals surface area contributed by atoms with Crippen LogP contribution in [0.3, 0.4) is 0 Å². The summed E-state index contributed by atoms with van der Waals surface area (Å²) in [5, 5.41) is 0. The number of hydrogen-bond acceptors (Lipinski definition) is 5. The monoisotopic (exact) mass is 354 g/mol. The zero-order chi connectivity index (χ0) is 18.4. The molecule has 2 N–H and O–H groups in total. The van der Waals surface area contributed by atoms with E-state index in [-0.39, 0.29) is 17.3 Å². The lowest BCUT2D eigenvalue weighted by atomic mass is 10.1. The molecule has 0 saturated heterocycles. The summed E-state index contributed by atoms with van der Waals surface area (Å²) >= 11 is 0. The standard InChI is InChI=1S/C19H15FN2O4/c20-15-9-5-4-8-14(15)18(23)16-10-11-17(25-16)26-19(24)22-21-12-13-6-2-1-3-7-13/h1-11,21H,12H2,(H,22,24). The second-order valence-electron chi connectivity index (χ2n) is 5.28. The first-order valence-corrected chi connectivity index (χ1v) is 7.77. The molecule has 0 radical (unpaired) electrons. The second kappa shape index (κ2) is 8.09. The molecule has 132 valence electrons. The third kappa shape index (κ3) is 4.34. The molecule has 7 heteroatoms. The third-order valence-corrected chi connectivity index (χ3v) is 3.44. The molecule has 26 heavy (non-hydrogen) atoms. The maximum Gasteiger partial charge on any atom is 0.429 e. The third-order valence-electron chi connectivity index (χ3n) is 3.44. The van der Waals surface area contributed by atoms with E-state index in [1.165, 1.54) is 30.3 Å². The van der Waals surface area contributed by atoms with Crippen molar-refractivity contribution in [2.24, 2.45) is 0 Å². The van der Waals surface area contributed by atoms with E-state index in [1.54, 1.807) is 6.07 Å². The Morgan fingerprint density at radius 2 is 1.69 bits per heavy atom. The highest BCUT2D eigenvalue weighted by Crippen LogP contribution is 2.20. The molecule has 0 spiro atoms. The van der Waals surface area contributed by atoms with Crippen LogP contribution in [0.2, 0.25) is 0 Å². The van der Waals surface area contributed by atoms with Gasteiger partial charge in [-0.1, -0.05) is 42.5 Å². The fourth-order valence-corrected chi connectivity index (χ4v) is 2.21. The highest BCUT2D eigenvalue weighted by atomic mass is 19.1. The largest absolute Gasteiger partial charge is 0.429 e. The van der Waals surface area contributed by atoms with E-state index < -0.39 is 17.7 Å². The van der Waals surface area contributed by atoms with E-state index in [0.29, 0.717) is 6.54 Å². The van der Waals surface area contributed by atoms with Crippen molar-refractivity contribution in [3.63, 3.8) is 0 Å². The Kier molecular flexibility index (Phi) is 5.40. The lowest BCUT2D eigenvalue weighted by Crippen LogP contribution is -2.38. The van der Waals surface area contributed by atoms with Crippen LogP contribution in [0.1, 0.15) is 21.7 Å². The van der Waals surface area contributed by atoms with Crippen LogP contribution in [0.4, 0.5) is 9.18 Å². The van der Waals surface area contributed by atoms with Gasteiger partial charge in [0.05, 0.1) is 5.56 Å². The van der Waals surface area contributed by atoms with Crippen LogP contribution in [-0.2, 0) is 6.54 Å². The molecule has 1 amide bonds. The molecule has 2 aromatic carbocycles. The van der Waals surface area contributed by atoms with Crippen LogP contribution in [0.15, 0.2) is 71.1 Å². The van der Waals surface area contributed by atoms with Crippen molar-refractivity contribution in [3.8, 4) is 5.95 Å². The van der Waals surface area contributed by atoms with E-state index in [1.807, 2.05) is 30.3 Å². The molecule has 0 saturated carbocycles. The number of ketones is 1. The maximum absolute atomic E-state index is 13.7. The van der Waals surface area contributed by atoms with Gasteiger partial charge in [-0.15, -0.1) is 0 Å². The number of rotatable bonds is 6. The van der Waals surface area contributed by atoms with Crippen LogP contribution < -0.4 is 15.6 Å². The minimum absolute atomic E-state index is 0.123. The van der Waals surface area contributed by atoms with Crippen molar-refractivity contribution >= 4 is 11.9 Å². The van der Waals surface area contributed by atoms with E-state index >= 15 is 0 Å². The Morgan fingerprint density at radius 3 is 2.46 bits per heavy atom. The number of hydrogen-bond donors (Lipinski definition) is 2. The van der Waals surface area contributed by atoms with Crippen molar-refractivity contribution in [1.29, 1.82) is 0 Å². The minimum atomic E-state index is -0.805. The van der Waals surface area contributed by atoms with Gasteiger partial charge in [0.1, 0.15) is 5.82 Å². The smallest absolute Gasteiger partial charge is 0.422 e. The second-order valence-corrected chi connectivity index (χ2v) is 5.28. The number of benzene rings is 2. The fourth-order valence-electron chi connectivity index (χ4n) is 2.21. The molecule has 0 aliphatic rings. The van der Waals surface area contributed by atoms with Crippen LogP contribution in [0.5, 0.6) is 5.95 Å². The highest BCUT2D eigenvalue weighted by molar-refractivity contribution is 6.07. The number of furan rings is 1. The molecular formula is C19H15FN2O4. The lowest BCUT2D eigenvalue weighted by molar-refractivity contribution is 0.0997. The summed E-state index contributed by atoms with van der Waals surface area (Å²) in [6.07, 6.45) is -0.805. The van der Waals surface area contributed by atoms with Crippen molar-refractivity contribution in [1.82, 2.24) is 10.9 Å². The van der Waals surface area contributed by atoms with Gasteiger partial charge in [0.2, 0.25) is 5.78 Å². The van der Waals surface area contributed by atoms with Gasteiger partial charge in [0.15, 0.2) is 5.76 Å². The Morgan fingerprint density at radius 1 is 0.962 bits per heavy atom. The number of hydrazine groups is 1. The van der Waals surface area contributed by atoms with Gasteiger partial charge in [0, 0.05) is 12.6 Å². The molecule has 3 aromatic rings. The molecular weight excluding hydrogens is 339 g/mol. The van der Waals surface area contributed by atoms with Gasteiger partial charge in [-0.05, 0) is 23.8 Å².